The van der Waals surface area contributed by atoms with Gasteiger partial charge in [0, 0.05) is 6.07 Å². The molecule has 1 aromatic heterocycles. The van der Waals surface area contributed by atoms with Crippen LogP contribution in [0.1, 0.15) is 41.9 Å². The molecule has 2 bridgehead atoms. The van der Waals surface area contributed by atoms with Crippen molar-refractivity contribution in [3.8, 4) is 11.4 Å². The Bertz CT molecular complexity index is 874. The summed E-state index contributed by atoms with van der Waals surface area (Å²) in [5.74, 6) is -1.64. The second-order valence-electron chi connectivity index (χ2n) is 6.53. The molecule has 8 heteroatoms. The second kappa shape index (κ2) is 8.03. The summed E-state index contributed by atoms with van der Waals surface area (Å²) < 4.78 is 7.26. The highest BCUT2D eigenvalue weighted by molar-refractivity contribution is 6.37. The van der Waals surface area contributed by atoms with Crippen molar-refractivity contribution in [1.29, 1.82) is 0 Å². The molecular formula is C19H22N4O4. The van der Waals surface area contributed by atoms with E-state index in [4.69, 9.17) is 10.5 Å². The lowest BCUT2D eigenvalue weighted by Gasteiger charge is -2.17. The van der Waals surface area contributed by atoms with Crippen LogP contribution in [0.3, 0.4) is 0 Å². The van der Waals surface area contributed by atoms with Gasteiger partial charge in [0.25, 0.3) is 11.8 Å². The Balaban J connectivity index is 1.99. The Labute approximate surface area is 156 Å². The predicted octanol–water partition coefficient (Wildman–Crippen LogP) is 1.29. The molecule has 3 rings (SSSR count). The molecule has 1 aromatic carbocycles. The lowest BCUT2D eigenvalue weighted by atomic mass is 10.0. The molecule has 8 nitrogen and oxygen atoms in total. The van der Waals surface area contributed by atoms with Gasteiger partial charge in [-0.25, -0.2) is 4.68 Å². The second-order valence-corrected chi connectivity index (χ2v) is 6.53. The minimum absolute atomic E-state index is 0.268. The van der Waals surface area contributed by atoms with Crippen LogP contribution in [0.15, 0.2) is 30.3 Å². The average molecular weight is 370 g/mol. The zero-order valence-electron chi connectivity index (χ0n) is 15.1. The Hall–Kier alpha value is -3.16. The molecule has 0 saturated carbocycles. The minimum Gasteiger partial charge on any atom is -0.494 e. The summed E-state index contributed by atoms with van der Waals surface area (Å²) in [6.45, 7) is 2.31. The van der Waals surface area contributed by atoms with Gasteiger partial charge in [0.05, 0.1) is 24.0 Å². The first-order valence-electron chi connectivity index (χ1n) is 8.90. The van der Waals surface area contributed by atoms with E-state index in [0.29, 0.717) is 36.6 Å². The van der Waals surface area contributed by atoms with Gasteiger partial charge in [-0.05, 0) is 44.4 Å². The maximum absolute atomic E-state index is 12.8. The van der Waals surface area contributed by atoms with E-state index in [9.17, 15) is 14.4 Å². The number of carbonyl (C=O) groups is 3. The molecular weight excluding hydrogens is 348 g/mol. The molecule has 0 fully saturated rings. The molecule has 3 N–H and O–H groups in total. The summed E-state index contributed by atoms with van der Waals surface area (Å²) in [5.41, 5.74) is 6.72. The Morgan fingerprint density at radius 3 is 2.85 bits per heavy atom. The number of ketones is 1. The first kappa shape index (κ1) is 18.6. The number of aryl methyl sites for hydroxylation is 1. The van der Waals surface area contributed by atoms with Gasteiger partial charge < -0.3 is 15.8 Å². The number of nitrogens with one attached hydrogen (secondary N) is 1. The van der Waals surface area contributed by atoms with Crippen molar-refractivity contribution in [2.24, 2.45) is 5.73 Å². The standard InChI is InChI=1S/C19H22N4O4/c1-12-10-16-19(26)21-15(17(24)18(20)25)8-3-2-4-9-27-14-7-5-6-13(11-14)23(16)22-12/h5-7,10-11,15H,2-4,8-9H2,1H3,(H2,20,25)(H,21,26). The smallest absolute Gasteiger partial charge is 0.287 e. The fourth-order valence-electron chi connectivity index (χ4n) is 3.05. The summed E-state index contributed by atoms with van der Waals surface area (Å²) in [4.78, 5) is 36.3. The van der Waals surface area contributed by atoms with Gasteiger partial charge in [0.1, 0.15) is 11.4 Å². The fourth-order valence-corrected chi connectivity index (χ4v) is 3.05. The van der Waals surface area contributed by atoms with Crippen LogP contribution in [0.5, 0.6) is 5.75 Å². The van der Waals surface area contributed by atoms with Gasteiger partial charge in [-0.1, -0.05) is 12.5 Å². The molecule has 1 aliphatic heterocycles. The normalized spacial score (nSPS) is 17.8. The van der Waals surface area contributed by atoms with E-state index in [-0.39, 0.29) is 5.69 Å². The lowest BCUT2D eigenvalue weighted by Crippen LogP contribution is -2.46. The number of ether oxygens (including phenoxy) is 1. The molecule has 0 spiro atoms. The first-order chi connectivity index (χ1) is 13.0. The van der Waals surface area contributed by atoms with Crippen LogP contribution in [0, 0.1) is 6.92 Å². The molecule has 0 saturated heterocycles. The number of nitrogens with zero attached hydrogens (tertiary/aromatic N) is 2. The van der Waals surface area contributed by atoms with Crippen LogP contribution in [0.2, 0.25) is 0 Å². The maximum atomic E-state index is 12.8. The number of aromatic nitrogens is 2. The van der Waals surface area contributed by atoms with Crippen molar-refractivity contribution in [3.05, 3.63) is 41.7 Å². The monoisotopic (exact) mass is 370 g/mol. The number of hydrogen-bond acceptors (Lipinski definition) is 5. The molecule has 2 aromatic rings. The van der Waals surface area contributed by atoms with Crippen molar-refractivity contribution in [2.45, 2.75) is 38.6 Å². The third-order valence-electron chi connectivity index (χ3n) is 4.40. The third kappa shape index (κ3) is 4.33. The Morgan fingerprint density at radius 2 is 2.07 bits per heavy atom. The van der Waals surface area contributed by atoms with Crippen LogP contribution in [0.4, 0.5) is 0 Å². The van der Waals surface area contributed by atoms with Gasteiger partial charge in [0.15, 0.2) is 0 Å². The molecule has 0 radical (unpaired) electrons. The highest BCUT2D eigenvalue weighted by atomic mass is 16.5. The summed E-state index contributed by atoms with van der Waals surface area (Å²) in [6.07, 6.45) is 2.59. The van der Waals surface area contributed by atoms with Crippen LogP contribution in [-0.2, 0) is 9.59 Å². The third-order valence-corrected chi connectivity index (χ3v) is 4.40. The largest absolute Gasteiger partial charge is 0.494 e. The Morgan fingerprint density at radius 1 is 1.26 bits per heavy atom. The average Bonchev–Trinajstić information content (AvgIpc) is 3.04. The zero-order chi connectivity index (χ0) is 19.4. The van der Waals surface area contributed by atoms with Crippen LogP contribution < -0.4 is 15.8 Å². The van der Waals surface area contributed by atoms with Crippen molar-refractivity contribution in [3.63, 3.8) is 0 Å². The Kier molecular flexibility index (Phi) is 5.54. The number of rotatable bonds is 2. The number of Topliss-reactive ketones (excluding diaryl/α,β-unsaturated/α-hetero) is 1. The number of primary amides is 1. The molecule has 142 valence electrons. The number of benzene rings is 1. The highest BCUT2D eigenvalue weighted by Crippen LogP contribution is 2.20. The van der Waals surface area contributed by atoms with Crippen LogP contribution in [0.25, 0.3) is 5.69 Å². The van der Waals surface area contributed by atoms with Crippen LogP contribution >= 0.6 is 0 Å². The van der Waals surface area contributed by atoms with Gasteiger partial charge in [-0.2, -0.15) is 5.10 Å². The van der Waals surface area contributed by atoms with E-state index < -0.39 is 23.6 Å². The van der Waals surface area contributed by atoms with Crippen molar-refractivity contribution in [1.82, 2.24) is 15.1 Å². The van der Waals surface area contributed by atoms with Gasteiger partial charge >= 0.3 is 0 Å². The molecule has 1 aliphatic rings. The SMILES string of the molecule is Cc1cc2n(n1)-c1cccc(c1)OCCCCCC(C(=O)C(N)=O)NC2=O. The molecule has 1 unspecified atom stereocenters. The molecule has 0 aliphatic carbocycles. The number of amides is 2. The summed E-state index contributed by atoms with van der Waals surface area (Å²) in [7, 11) is 0. The molecule has 2 amide bonds. The summed E-state index contributed by atoms with van der Waals surface area (Å²) >= 11 is 0. The first-order valence-corrected chi connectivity index (χ1v) is 8.90. The van der Waals surface area contributed by atoms with Gasteiger partial charge in [-0.15, -0.1) is 0 Å². The van der Waals surface area contributed by atoms with E-state index in [0.717, 1.165) is 12.8 Å². The number of fused-ring (bicyclic) bond motifs is 4. The van der Waals surface area contributed by atoms with Crippen molar-refractivity contribution < 1.29 is 19.1 Å². The summed E-state index contributed by atoms with van der Waals surface area (Å²) in [5, 5.41) is 7.02. The molecule has 27 heavy (non-hydrogen) atoms. The fraction of sp³-hybridized carbons (Fsp3) is 0.368. The van der Waals surface area contributed by atoms with E-state index in [1.807, 2.05) is 18.2 Å². The number of nitrogens with two attached hydrogens (primary N) is 1. The van der Waals surface area contributed by atoms with E-state index in [1.165, 1.54) is 4.68 Å². The quantitative estimate of drug-likeness (QED) is 0.773. The lowest BCUT2D eigenvalue weighted by molar-refractivity contribution is -0.137. The van der Waals surface area contributed by atoms with Gasteiger partial charge in [-0.3, -0.25) is 14.4 Å². The minimum atomic E-state index is -1.05. The van der Waals surface area contributed by atoms with E-state index in [1.54, 1.807) is 19.1 Å². The van der Waals surface area contributed by atoms with Gasteiger partial charge in [0.2, 0.25) is 5.78 Å². The van der Waals surface area contributed by atoms with Crippen molar-refractivity contribution >= 4 is 17.6 Å². The summed E-state index contributed by atoms with van der Waals surface area (Å²) in [6, 6.07) is 7.98. The topological polar surface area (TPSA) is 116 Å². The molecule has 1 atom stereocenters. The number of hydrogen-bond donors (Lipinski definition) is 2. The van der Waals surface area contributed by atoms with Crippen molar-refractivity contribution in [2.75, 3.05) is 6.61 Å². The predicted molar refractivity (Wildman–Crippen MR) is 97.7 cm³/mol. The van der Waals surface area contributed by atoms with Crippen LogP contribution in [-0.4, -0.2) is 40.0 Å². The van der Waals surface area contributed by atoms with E-state index >= 15 is 0 Å². The highest BCUT2D eigenvalue weighted by Gasteiger charge is 2.27. The molecule has 2 heterocycles. The van der Waals surface area contributed by atoms with E-state index in [2.05, 4.69) is 10.4 Å². The number of carbonyl (C=O) groups excluding carboxylic acids is 3. The maximum Gasteiger partial charge on any atom is 0.287 e. The zero-order valence-corrected chi connectivity index (χ0v) is 15.1.